The van der Waals surface area contributed by atoms with Crippen molar-refractivity contribution in [2.45, 2.75) is 27.7 Å². The molecule has 0 atom stereocenters. The smallest absolute Gasteiger partial charge is 0.152 e. The molecular formula is C20H18O2S4. The number of rotatable bonds is 4. The lowest BCUT2D eigenvalue weighted by molar-refractivity contribution is -0.104. The van der Waals surface area contributed by atoms with Crippen LogP contribution in [-0.2, 0) is 9.59 Å². The quantitative estimate of drug-likeness (QED) is 0.391. The molecule has 26 heavy (non-hydrogen) atoms. The molecule has 2 aliphatic rings. The van der Waals surface area contributed by atoms with E-state index >= 15 is 0 Å². The Morgan fingerprint density at radius 1 is 0.615 bits per heavy atom. The highest BCUT2D eigenvalue weighted by atomic mass is 32.2. The van der Waals surface area contributed by atoms with Crippen molar-refractivity contribution in [1.29, 1.82) is 0 Å². The normalized spacial score (nSPS) is 17.2. The predicted octanol–water partition coefficient (Wildman–Crippen LogP) is 6.88. The molecule has 1 aromatic rings. The standard InChI is InChI=1S/C20H18O2S4/c1-11-12(2)24-19(23-11)17(9-21)15-5-7-16(8-6-15)18(10-22)20-25-13(3)14(4)26-20/h5-10H,1-4H3. The van der Waals surface area contributed by atoms with E-state index in [0.717, 1.165) is 32.2 Å². The molecule has 1 aromatic carbocycles. The van der Waals surface area contributed by atoms with Crippen molar-refractivity contribution < 1.29 is 9.59 Å². The van der Waals surface area contributed by atoms with Gasteiger partial charge in [-0.25, -0.2) is 0 Å². The lowest BCUT2D eigenvalue weighted by Gasteiger charge is -2.08. The summed E-state index contributed by atoms with van der Waals surface area (Å²) in [6.45, 7) is 8.29. The van der Waals surface area contributed by atoms with Gasteiger partial charge in [-0.1, -0.05) is 71.3 Å². The molecule has 0 saturated carbocycles. The summed E-state index contributed by atoms with van der Waals surface area (Å²) in [5.41, 5.74) is 3.18. The van der Waals surface area contributed by atoms with Gasteiger partial charge in [-0.2, -0.15) is 0 Å². The van der Waals surface area contributed by atoms with E-state index in [0.29, 0.717) is 11.1 Å². The number of thioether (sulfide) groups is 4. The van der Waals surface area contributed by atoms with Gasteiger partial charge in [0.1, 0.15) is 0 Å². The van der Waals surface area contributed by atoms with Crippen LogP contribution < -0.4 is 0 Å². The van der Waals surface area contributed by atoms with Crippen LogP contribution in [0.15, 0.2) is 52.4 Å². The van der Waals surface area contributed by atoms with Gasteiger partial charge in [-0.3, -0.25) is 9.59 Å². The highest BCUT2D eigenvalue weighted by Crippen LogP contribution is 2.52. The number of hydrogen-bond acceptors (Lipinski definition) is 6. The van der Waals surface area contributed by atoms with Crippen LogP contribution in [0.1, 0.15) is 38.8 Å². The van der Waals surface area contributed by atoms with Crippen LogP contribution in [0.5, 0.6) is 0 Å². The Morgan fingerprint density at radius 2 is 0.885 bits per heavy atom. The second-order valence-corrected chi connectivity index (χ2v) is 11.3. The van der Waals surface area contributed by atoms with E-state index in [1.54, 1.807) is 47.0 Å². The van der Waals surface area contributed by atoms with Gasteiger partial charge in [0.05, 0.1) is 8.47 Å². The largest absolute Gasteiger partial charge is 0.298 e. The summed E-state index contributed by atoms with van der Waals surface area (Å²) in [5.74, 6) is 0. The summed E-state index contributed by atoms with van der Waals surface area (Å²) < 4.78 is 2.04. The molecule has 0 unspecified atom stereocenters. The number of aldehydes is 2. The second kappa shape index (κ2) is 8.30. The number of carbonyl (C=O) groups excluding carboxylic acids is 2. The van der Waals surface area contributed by atoms with Gasteiger partial charge in [0.25, 0.3) is 0 Å². The molecule has 134 valence electrons. The van der Waals surface area contributed by atoms with Gasteiger partial charge in [0.2, 0.25) is 0 Å². The van der Waals surface area contributed by atoms with Crippen LogP contribution in [0, 0.1) is 0 Å². The average molecular weight is 419 g/mol. The number of carbonyl (C=O) groups is 2. The Morgan fingerprint density at radius 3 is 1.12 bits per heavy atom. The van der Waals surface area contributed by atoms with Crippen LogP contribution in [0.25, 0.3) is 11.1 Å². The molecule has 0 spiro atoms. The molecular weight excluding hydrogens is 400 g/mol. The monoisotopic (exact) mass is 418 g/mol. The zero-order valence-electron chi connectivity index (χ0n) is 14.9. The molecule has 0 fully saturated rings. The summed E-state index contributed by atoms with van der Waals surface area (Å²) >= 11 is 6.60. The van der Waals surface area contributed by atoms with Crippen molar-refractivity contribution >= 4 is 70.8 Å². The summed E-state index contributed by atoms with van der Waals surface area (Å²) in [5, 5.41) is 0. The Hall–Kier alpha value is -1.08. The second-order valence-electron chi connectivity index (χ2n) is 5.85. The van der Waals surface area contributed by atoms with Crippen molar-refractivity contribution in [2.24, 2.45) is 0 Å². The third-order valence-electron chi connectivity index (χ3n) is 4.16. The highest BCUT2D eigenvalue weighted by Gasteiger charge is 2.21. The zero-order chi connectivity index (χ0) is 18.8. The van der Waals surface area contributed by atoms with Crippen LogP contribution in [-0.4, -0.2) is 12.6 Å². The molecule has 0 amide bonds. The first-order valence-electron chi connectivity index (χ1n) is 8.00. The van der Waals surface area contributed by atoms with Gasteiger partial charge >= 0.3 is 0 Å². The Labute approximate surface area is 171 Å². The maximum absolute atomic E-state index is 11.7. The maximum Gasteiger partial charge on any atom is 0.152 e. The van der Waals surface area contributed by atoms with Crippen LogP contribution in [0.4, 0.5) is 0 Å². The van der Waals surface area contributed by atoms with E-state index in [-0.39, 0.29) is 0 Å². The fourth-order valence-corrected chi connectivity index (χ4v) is 7.53. The molecule has 3 rings (SSSR count). The van der Waals surface area contributed by atoms with E-state index in [2.05, 4.69) is 27.7 Å². The van der Waals surface area contributed by atoms with Crippen molar-refractivity contribution in [3.8, 4) is 0 Å². The van der Waals surface area contributed by atoms with E-state index in [9.17, 15) is 9.59 Å². The molecule has 2 aliphatic heterocycles. The van der Waals surface area contributed by atoms with Gasteiger partial charge < -0.3 is 0 Å². The Balaban J connectivity index is 1.91. The van der Waals surface area contributed by atoms with Gasteiger partial charge in [0.15, 0.2) is 12.6 Å². The van der Waals surface area contributed by atoms with Gasteiger partial charge in [0, 0.05) is 11.1 Å². The van der Waals surface area contributed by atoms with E-state index in [4.69, 9.17) is 0 Å². The minimum atomic E-state index is 0.709. The first-order chi connectivity index (χ1) is 12.4. The minimum absolute atomic E-state index is 0.709. The molecule has 0 bridgehead atoms. The van der Waals surface area contributed by atoms with E-state index < -0.39 is 0 Å². The zero-order valence-corrected chi connectivity index (χ0v) is 18.2. The number of benzene rings is 1. The summed E-state index contributed by atoms with van der Waals surface area (Å²) in [6, 6.07) is 7.71. The average Bonchev–Trinajstić information content (AvgIpc) is 3.12. The van der Waals surface area contributed by atoms with Crippen molar-refractivity contribution in [3.63, 3.8) is 0 Å². The molecule has 0 radical (unpaired) electrons. The van der Waals surface area contributed by atoms with Gasteiger partial charge in [-0.15, -0.1) is 0 Å². The van der Waals surface area contributed by atoms with E-state index in [1.807, 2.05) is 24.3 Å². The molecule has 0 aliphatic carbocycles. The fourth-order valence-electron chi connectivity index (χ4n) is 2.40. The van der Waals surface area contributed by atoms with Gasteiger partial charge in [-0.05, 0) is 58.4 Å². The van der Waals surface area contributed by atoms with Crippen LogP contribution in [0.3, 0.4) is 0 Å². The molecule has 0 N–H and O–H groups in total. The molecule has 2 heterocycles. The minimum Gasteiger partial charge on any atom is -0.298 e. The van der Waals surface area contributed by atoms with Crippen molar-refractivity contribution in [2.75, 3.05) is 0 Å². The summed E-state index contributed by atoms with van der Waals surface area (Å²) in [7, 11) is 0. The maximum atomic E-state index is 11.7. The Bertz CT molecular complexity index is 795. The summed E-state index contributed by atoms with van der Waals surface area (Å²) in [6.07, 6.45) is 1.85. The van der Waals surface area contributed by atoms with E-state index in [1.165, 1.54) is 19.6 Å². The van der Waals surface area contributed by atoms with Crippen LogP contribution >= 0.6 is 47.0 Å². The first kappa shape index (κ1) is 19.7. The SMILES string of the molecule is CC1=C(C)SC(=C(C=O)c2ccc(C(C=O)=C3SC(C)=C(C)S3)cc2)S1. The first-order valence-corrected chi connectivity index (χ1v) is 11.3. The van der Waals surface area contributed by atoms with Crippen molar-refractivity contribution in [3.05, 3.63) is 63.5 Å². The Kier molecular flexibility index (Phi) is 6.28. The topological polar surface area (TPSA) is 34.1 Å². The predicted molar refractivity (Wildman–Crippen MR) is 120 cm³/mol. The fraction of sp³-hybridized carbons (Fsp3) is 0.200. The lowest BCUT2D eigenvalue weighted by Crippen LogP contribution is -1.92. The lowest BCUT2D eigenvalue weighted by atomic mass is 10.0. The third-order valence-corrected chi connectivity index (χ3v) is 9.49. The van der Waals surface area contributed by atoms with Crippen molar-refractivity contribution in [1.82, 2.24) is 0 Å². The molecule has 2 nitrogen and oxygen atoms in total. The molecule has 0 saturated heterocycles. The van der Waals surface area contributed by atoms with Crippen LogP contribution in [0.2, 0.25) is 0 Å². The third kappa shape index (κ3) is 3.93. The highest BCUT2D eigenvalue weighted by molar-refractivity contribution is 8.29. The summed E-state index contributed by atoms with van der Waals surface area (Å²) in [4.78, 5) is 28.3. The number of hydrogen-bond donors (Lipinski definition) is 0. The number of allylic oxidation sites excluding steroid dienone is 6. The molecule has 0 aromatic heterocycles. The molecule has 6 heteroatoms.